The monoisotopic (exact) mass is 696 g/mol. The van der Waals surface area contributed by atoms with Crippen LogP contribution in [0.5, 0.6) is 0 Å². The van der Waals surface area contributed by atoms with E-state index in [0.29, 0.717) is 13.0 Å². The van der Waals surface area contributed by atoms with Gasteiger partial charge >= 0.3 is 0 Å². The summed E-state index contributed by atoms with van der Waals surface area (Å²) in [5.74, 6) is 0.143. The van der Waals surface area contributed by atoms with E-state index in [2.05, 4.69) is 35.2 Å². The van der Waals surface area contributed by atoms with Crippen molar-refractivity contribution in [1.29, 1.82) is 0 Å². The third kappa shape index (κ3) is 9.51. The molecule has 4 unspecified atom stereocenters. The number of para-hydroxylation sites is 2. The van der Waals surface area contributed by atoms with Crippen molar-refractivity contribution in [2.45, 2.75) is 51.1 Å². The first-order valence-corrected chi connectivity index (χ1v) is 15.9. The van der Waals surface area contributed by atoms with Crippen molar-refractivity contribution >= 4 is 52.6 Å². The smallest absolute Gasteiger partial charge is 0.249 e. The van der Waals surface area contributed by atoms with Gasteiger partial charge in [-0.1, -0.05) is 36.4 Å². The van der Waals surface area contributed by atoms with E-state index >= 15 is 0 Å². The van der Waals surface area contributed by atoms with Crippen LogP contribution in [-0.4, -0.2) is 81.0 Å². The molecule has 2 saturated heterocycles. The van der Waals surface area contributed by atoms with Gasteiger partial charge in [-0.05, 0) is 69.6 Å². The molecule has 4 aromatic rings. The number of hydrogen-bond acceptors (Lipinski definition) is 12. The molecule has 2 amide bonds. The molecule has 0 spiro atoms. The van der Waals surface area contributed by atoms with Crippen molar-refractivity contribution in [3.8, 4) is 0 Å². The third-order valence-corrected chi connectivity index (χ3v) is 7.83. The molecule has 0 saturated carbocycles. The Bertz CT molecular complexity index is 1680. The Morgan fingerprint density at radius 2 is 1.27 bits per heavy atom. The first-order valence-electron chi connectivity index (χ1n) is 15.5. The van der Waals surface area contributed by atoms with Crippen molar-refractivity contribution in [3.05, 3.63) is 77.6 Å². The van der Waals surface area contributed by atoms with Crippen LogP contribution in [0.2, 0.25) is 5.28 Å². The molecule has 0 aliphatic carbocycles. The molecule has 2 fully saturated rings. The molecular formula is C32H39ClF2N12O2. The van der Waals surface area contributed by atoms with Crippen molar-refractivity contribution in [3.63, 3.8) is 0 Å². The van der Waals surface area contributed by atoms with Gasteiger partial charge in [-0.25, -0.2) is 8.78 Å². The Hall–Kier alpha value is -5.09. The van der Waals surface area contributed by atoms with Gasteiger partial charge in [0.15, 0.2) is 24.0 Å². The van der Waals surface area contributed by atoms with Crippen LogP contribution in [0.25, 0.3) is 0 Å². The molecular weight excluding hydrogens is 658 g/mol. The fourth-order valence-corrected chi connectivity index (χ4v) is 5.31. The molecule has 4 heterocycles. The van der Waals surface area contributed by atoms with Gasteiger partial charge < -0.3 is 31.5 Å². The fourth-order valence-electron chi connectivity index (χ4n) is 5.13. The van der Waals surface area contributed by atoms with Gasteiger partial charge in [0.05, 0.1) is 6.04 Å². The average Bonchev–Trinajstić information content (AvgIpc) is 3.66. The maximum atomic E-state index is 13.5. The Morgan fingerprint density at radius 1 is 0.776 bits per heavy atom. The maximum Gasteiger partial charge on any atom is 0.249 e. The lowest BCUT2D eigenvalue weighted by Crippen LogP contribution is -2.40. The van der Waals surface area contributed by atoms with Gasteiger partial charge in [-0.2, -0.15) is 29.9 Å². The molecule has 17 heteroatoms. The van der Waals surface area contributed by atoms with E-state index in [4.69, 9.17) is 23.1 Å². The number of anilines is 5. The molecule has 4 atom stereocenters. The minimum atomic E-state index is -1.36. The van der Waals surface area contributed by atoms with Crippen LogP contribution in [0.1, 0.15) is 50.7 Å². The van der Waals surface area contributed by atoms with Crippen LogP contribution in [0.4, 0.5) is 38.0 Å². The van der Waals surface area contributed by atoms with E-state index in [1.165, 1.54) is 13.8 Å². The van der Waals surface area contributed by atoms with Gasteiger partial charge in [-0.15, -0.1) is 0 Å². The highest BCUT2D eigenvalue weighted by molar-refractivity contribution is 6.28. The number of aromatic nitrogens is 6. The van der Waals surface area contributed by atoms with E-state index < -0.39 is 18.4 Å². The Kier molecular flexibility index (Phi) is 12.6. The zero-order chi connectivity index (χ0) is 35.7. The average molecular weight is 697 g/mol. The largest absolute Gasteiger partial charge is 0.368 e. The molecule has 2 aromatic carbocycles. The summed E-state index contributed by atoms with van der Waals surface area (Å²) < 4.78 is 26.0. The van der Waals surface area contributed by atoms with Crippen LogP contribution in [0.3, 0.4) is 0 Å². The van der Waals surface area contributed by atoms with Crippen molar-refractivity contribution in [2.24, 2.45) is 0 Å². The Labute approximate surface area is 287 Å². The molecule has 6 rings (SSSR count). The number of likely N-dealkylation sites (N-methyl/N-ethyl adjacent to an activating group) is 2. The summed E-state index contributed by atoms with van der Waals surface area (Å²) in [5.41, 5.74) is 12.7. The molecule has 260 valence electrons. The third-order valence-electron chi connectivity index (χ3n) is 7.66. The fraction of sp³-hybridized carbons (Fsp3) is 0.375. The Balaban J connectivity index is 0.000000183. The molecule has 0 radical (unpaired) electrons. The SMILES string of the molecule is CC(F)c1nc(N)nc(Cl)n1.CC(F)c1nc(N)nc(N(C)C2CCN(c3ccccc3)C2=O)n1.CNC1CCN(c2ccccc2)C1=O. The second-order valence-corrected chi connectivity index (χ2v) is 11.4. The number of alkyl halides is 2. The van der Waals surface area contributed by atoms with E-state index in [-0.39, 0.29) is 52.6 Å². The summed E-state index contributed by atoms with van der Waals surface area (Å²) in [4.78, 5) is 52.2. The number of rotatable bonds is 7. The van der Waals surface area contributed by atoms with Crippen LogP contribution >= 0.6 is 11.6 Å². The highest BCUT2D eigenvalue weighted by atomic mass is 35.5. The number of nitrogen functional groups attached to an aromatic ring is 2. The number of benzene rings is 2. The maximum absolute atomic E-state index is 13.5. The van der Waals surface area contributed by atoms with Crippen LogP contribution < -0.4 is 31.5 Å². The van der Waals surface area contributed by atoms with E-state index in [9.17, 15) is 18.4 Å². The Morgan fingerprint density at radius 3 is 1.76 bits per heavy atom. The standard InChI is InChI=1S/C16H19FN6O.C11H14N2O.C5H6ClFN4/c1-10(17)13-19-15(18)21-16(20-13)22(2)12-8-9-23(14(12)24)11-6-4-3-5-7-11;1-12-10-7-8-13(11(10)14)9-5-3-2-4-6-9;1-2(7)3-9-4(6)11-5(8)10-3/h3-7,10,12H,8-9H2,1-2H3,(H2,18,19,20,21);2-6,10,12H,7-8H2,1H3;2H,1H3,(H2,8,9,10,11). The zero-order valence-electron chi connectivity index (χ0n) is 27.5. The number of nitrogens with one attached hydrogen (secondary N) is 1. The molecule has 49 heavy (non-hydrogen) atoms. The number of hydrogen-bond donors (Lipinski definition) is 3. The van der Waals surface area contributed by atoms with E-state index in [0.717, 1.165) is 24.3 Å². The first-order chi connectivity index (χ1) is 23.4. The molecule has 5 N–H and O–H groups in total. The van der Waals surface area contributed by atoms with Gasteiger partial charge in [-0.3, -0.25) is 9.59 Å². The topological polar surface area (TPSA) is 185 Å². The van der Waals surface area contributed by atoms with Crippen LogP contribution in [-0.2, 0) is 9.59 Å². The molecule has 14 nitrogen and oxygen atoms in total. The lowest BCUT2D eigenvalue weighted by molar-refractivity contribution is -0.119. The first kappa shape index (κ1) is 36.7. The molecule has 2 aromatic heterocycles. The van der Waals surface area contributed by atoms with Gasteiger partial charge in [0.2, 0.25) is 34.9 Å². The number of nitrogens with zero attached hydrogens (tertiary/aromatic N) is 9. The number of halogens is 3. The normalized spacial score (nSPS) is 18.3. The van der Waals surface area contributed by atoms with E-state index in [1.807, 2.05) is 72.6 Å². The van der Waals surface area contributed by atoms with Crippen molar-refractivity contribution in [2.75, 3.05) is 53.4 Å². The van der Waals surface area contributed by atoms with Crippen LogP contribution in [0, 0.1) is 0 Å². The summed E-state index contributed by atoms with van der Waals surface area (Å²) in [5, 5.41) is 2.94. The number of carbonyl (C=O) groups excluding carboxylic acids is 2. The van der Waals surface area contributed by atoms with Gasteiger partial charge in [0.25, 0.3) is 0 Å². The molecule has 0 bridgehead atoms. The number of amides is 2. The minimum Gasteiger partial charge on any atom is -0.368 e. The predicted molar refractivity (Wildman–Crippen MR) is 184 cm³/mol. The summed E-state index contributed by atoms with van der Waals surface area (Å²) >= 11 is 5.39. The van der Waals surface area contributed by atoms with Crippen molar-refractivity contribution in [1.82, 2.24) is 35.2 Å². The zero-order valence-corrected chi connectivity index (χ0v) is 28.3. The lowest BCUT2D eigenvalue weighted by Gasteiger charge is -2.24. The number of nitrogens with two attached hydrogens (primary N) is 2. The number of carbonyl (C=O) groups is 2. The molecule has 2 aliphatic rings. The van der Waals surface area contributed by atoms with Gasteiger partial charge in [0, 0.05) is 31.5 Å². The summed E-state index contributed by atoms with van der Waals surface area (Å²) in [6, 6.07) is 18.8. The van der Waals surface area contributed by atoms with Crippen molar-refractivity contribution < 1.29 is 18.4 Å². The minimum absolute atomic E-state index is 0.00444. The molecule has 2 aliphatic heterocycles. The highest BCUT2D eigenvalue weighted by Crippen LogP contribution is 2.26. The summed E-state index contributed by atoms with van der Waals surface area (Å²) in [7, 11) is 3.54. The highest BCUT2D eigenvalue weighted by Gasteiger charge is 2.36. The second kappa shape index (κ2) is 16.8. The van der Waals surface area contributed by atoms with Crippen LogP contribution in [0.15, 0.2) is 60.7 Å². The van der Waals surface area contributed by atoms with Gasteiger partial charge in [0.1, 0.15) is 6.04 Å². The second-order valence-electron chi connectivity index (χ2n) is 11.1. The summed E-state index contributed by atoms with van der Waals surface area (Å²) in [6.07, 6.45) is -1.12. The van der Waals surface area contributed by atoms with E-state index in [1.54, 1.807) is 16.8 Å². The predicted octanol–water partition coefficient (Wildman–Crippen LogP) is 3.88. The summed E-state index contributed by atoms with van der Waals surface area (Å²) in [6.45, 7) is 4.04. The lowest BCUT2D eigenvalue weighted by atomic mass is 10.2. The quantitative estimate of drug-likeness (QED) is 0.254.